The van der Waals surface area contributed by atoms with Crippen LogP contribution in [0.15, 0.2) is 0 Å². The quantitative estimate of drug-likeness (QED) is 0.591. The van der Waals surface area contributed by atoms with E-state index in [1.165, 1.54) is 0 Å². The van der Waals surface area contributed by atoms with E-state index in [0.717, 1.165) is 0 Å². The lowest BCUT2D eigenvalue weighted by Crippen LogP contribution is -2.38. The third-order valence-electron chi connectivity index (χ3n) is 1.98. The van der Waals surface area contributed by atoms with E-state index in [0.29, 0.717) is 13.0 Å². The van der Waals surface area contributed by atoms with Crippen LogP contribution >= 0.6 is 0 Å². The van der Waals surface area contributed by atoms with Gasteiger partial charge in [0.25, 0.3) is 0 Å². The molecule has 5 nitrogen and oxygen atoms in total. The van der Waals surface area contributed by atoms with E-state index in [4.69, 9.17) is 0 Å². The molecule has 0 fully saturated rings. The van der Waals surface area contributed by atoms with Gasteiger partial charge < -0.3 is 10.6 Å². The highest BCUT2D eigenvalue weighted by atomic mass is 32.2. The largest absolute Gasteiger partial charge is 0.353 e. The molecule has 0 spiro atoms. The molecule has 1 amide bonds. The van der Waals surface area contributed by atoms with Crippen molar-refractivity contribution in [3.05, 3.63) is 0 Å². The Hall–Kier alpha value is -0.620. The van der Waals surface area contributed by atoms with Crippen LogP contribution < -0.4 is 10.6 Å². The maximum atomic E-state index is 11.2. The highest BCUT2D eigenvalue weighted by Crippen LogP contribution is 1.91. The van der Waals surface area contributed by atoms with E-state index >= 15 is 0 Å². The van der Waals surface area contributed by atoms with E-state index in [9.17, 15) is 13.2 Å². The Morgan fingerprint density at radius 2 is 1.94 bits per heavy atom. The van der Waals surface area contributed by atoms with Crippen molar-refractivity contribution < 1.29 is 13.2 Å². The summed E-state index contributed by atoms with van der Waals surface area (Å²) in [6.45, 7) is 6.21. The van der Waals surface area contributed by atoms with Crippen LogP contribution in [0.1, 0.15) is 27.2 Å². The Balaban J connectivity index is 3.51. The fourth-order valence-electron chi connectivity index (χ4n) is 1.14. The lowest BCUT2D eigenvalue weighted by atomic mass is 10.4. The predicted molar refractivity (Wildman–Crippen MR) is 65.1 cm³/mol. The molecule has 0 unspecified atom stereocenters. The molecule has 0 aromatic carbocycles. The Kier molecular flexibility index (Phi) is 7.33. The Bertz CT molecular complexity index is 299. The van der Waals surface area contributed by atoms with Gasteiger partial charge in [0.15, 0.2) is 0 Å². The molecule has 0 aliphatic carbocycles. The number of rotatable bonds is 8. The van der Waals surface area contributed by atoms with E-state index in [1.54, 1.807) is 6.92 Å². The van der Waals surface area contributed by atoms with E-state index in [2.05, 4.69) is 10.6 Å². The zero-order valence-electron chi connectivity index (χ0n) is 10.2. The third-order valence-corrected chi connectivity index (χ3v) is 3.77. The topological polar surface area (TPSA) is 75.3 Å². The summed E-state index contributed by atoms with van der Waals surface area (Å²) in [7, 11) is -2.88. The number of carbonyl (C=O) groups excluding carboxylic acids is 1. The minimum atomic E-state index is -2.88. The molecule has 0 heterocycles. The third kappa shape index (κ3) is 8.67. The molecule has 0 aliphatic heterocycles. The summed E-state index contributed by atoms with van der Waals surface area (Å²) in [5.41, 5.74) is 0. The molecular formula is C10H22N2O3S. The molecule has 0 aliphatic rings. The molecule has 16 heavy (non-hydrogen) atoms. The minimum Gasteiger partial charge on any atom is -0.353 e. The summed E-state index contributed by atoms with van der Waals surface area (Å²) in [6, 6.07) is 0.134. The van der Waals surface area contributed by atoms with Gasteiger partial charge in [-0.25, -0.2) is 8.42 Å². The van der Waals surface area contributed by atoms with Crippen molar-refractivity contribution in [1.82, 2.24) is 10.6 Å². The van der Waals surface area contributed by atoms with Gasteiger partial charge in [0.1, 0.15) is 9.84 Å². The normalized spacial score (nSPS) is 11.8. The Labute approximate surface area is 97.9 Å². The first-order valence-corrected chi connectivity index (χ1v) is 7.40. The van der Waals surface area contributed by atoms with E-state index < -0.39 is 9.84 Å². The second kappa shape index (κ2) is 7.62. The molecule has 0 saturated carbocycles. The lowest BCUT2D eigenvalue weighted by Gasteiger charge is -2.09. The van der Waals surface area contributed by atoms with Gasteiger partial charge in [0.05, 0.1) is 12.3 Å². The molecular weight excluding hydrogens is 228 g/mol. The van der Waals surface area contributed by atoms with Crippen molar-refractivity contribution in [2.45, 2.75) is 33.2 Å². The first-order chi connectivity index (χ1) is 7.37. The average Bonchev–Trinajstić information content (AvgIpc) is 2.16. The number of hydrogen-bond donors (Lipinski definition) is 2. The molecule has 0 aromatic rings. The van der Waals surface area contributed by atoms with Crippen molar-refractivity contribution in [2.75, 3.05) is 24.6 Å². The predicted octanol–water partition coefficient (Wildman–Crippen LogP) is -0.0746. The van der Waals surface area contributed by atoms with Crippen LogP contribution in [0, 0.1) is 0 Å². The van der Waals surface area contributed by atoms with Crippen LogP contribution in [-0.4, -0.2) is 45.0 Å². The molecule has 0 bridgehead atoms. The molecule has 96 valence electrons. The fourth-order valence-corrected chi connectivity index (χ4v) is 2.01. The zero-order valence-corrected chi connectivity index (χ0v) is 11.1. The molecule has 0 rings (SSSR count). The van der Waals surface area contributed by atoms with Gasteiger partial charge in [-0.1, -0.05) is 6.92 Å². The SMILES string of the molecule is CCS(=O)(=O)CCCNCC(=O)NC(C)C. The van der Waals surface area contributed by atoms with Crippen LogP contribution in [0.3, 0.4) is 0 Å². The maximum absolute atomic E-state index is 11.2. The van der Waals surface area contributed by atoms with Crippen LogP contribution in [0.2, 0.25) is 0 Å². The minimum absolute atomic E-state index is 0.0617. The van der Waals surface area contributed by atoms with Gasteiger partial charge in [-0.05, 0) is 26.8 Å². The van der Waals surface area contributed by atoms with Crippen LogP contribution in [0.25, 0.3) is 0 Å². The van der Waals surface area contributed by atoms with Gasteiger partial charge in [-0.3, -0.25) is 4.79 Å². The van der Waals surface area contributed by atoms with Gasteiger partial charge in [0, 0.05) is 11.8 Å². The number of carbonyl (C=O) groups is 1. The maximum Gasteiger partial charge on any atom is 0.234 e. The summed E-state index contributed by atoms with van der Waals surface area (Å²) in [5.74, 6) is 0.303. The van der Waals surface area contributed by atoms with Crippen LogP contribution in [-0.2, 0) is 14.6 Å². The Morgan fingerprint density at radius 3 is 2.44 bits per heavy atom. The molecule has 2 N–H and O–H groups in total. The smallest absolute Gasteiger partial charge is 0.234 e. The summed E-state index contributed by atoms with van der Waals surface area (Å²) in [4.78, 5) is 11.2. The number of sulfone groups is 1. The standard InChI is InChI=1S/C10H22N2O3S/c1-4-16(14,15)7-5-6-11-8-10(13)12-9(2)3/h9,11H,4-8H2,1-3H3,(H,12,13). The highest BCUT2D eigenvalue weighted by molar-refractivity contribution is 7.91. The van der Waals surface area contributed by atoms with Gasteiger partial charge >= 0.3 is 0 Å². The summed E-state index contributed by atoms with van der Waals surface area (Å²) in [5, 5.41) is 5.65. The summed E-state index contributed by atoms with van der Waals surface area (Å²) < 4.78 is 22.3. The van der Waals surface area contributed by atoms with Crippen LogP contribution in [0.5, 0.6) is 0 Å². The van der Waals surface area contributed by atoms with Gasteiger partial charge in [0.2, 0.25) is 5.91 Å². The second-order valence-corrected chi connectivity index (χ2v) is 6.46. The van der Waals surface area contributed by atoms with Gasteiger partial charge in [-0.15, -0.1) is 0 Å². The molecule has 0 saturated heterocycles. The highest BCUT2D eigenvalue weighted by Gasteiger charge is 2.06. The van der Waals surface area contributed by atoms with Gasteiger partial charge in [-0.2, -0.15) is 0 Å². The monoisotopic (exact) mass is 250 g/mol. The zero-order chi connectivity index (χ0) is 12.6. The molecule has 0 atom stereocenters. The lowest BCUT2D eigenvalue weighted by molar-refractivity contribution is -0.120. The first-order valence-electron chi connectivity index (χ1n) is 5.58. The molecule has 0 radical (unpaired) electrons. The Morgan fingerprint density at radius 1 is 1.31 bits per heavy atom. The number of hydrogen-bond acceptors (Lipinski definition) is 4. The fraction of sp³-hybridized carbons (Fsp3) is 0.900. The number of amides is 1. The van der Waals surface area contributed by atoms with Crippen molar-refractivity contribution in [3.8, 4) is 0 Å². The van der Waals surface area contributed by atoms with Crippen molar-refractivity contribution >= 4 is 15.7 Å². The summed E-state index contributed by atoms with van der Waals surface area (Å²) in [6.07, 6.45) is 0.547. The van der Waals surface area contributed by atoms with E-state index in [-0.39, 0.29) is 30.0 Å². The molecule has 6 heteroatoms. The molecule has 0 aromatic heterocycles. The first kappa shape index (κ1) is 15.4. The number of nitrogens with one attached hydrogen (secondary N) is 2. The van der Waals surface area contributed by atoms with Crippen molar-refractivity contribution in [2.24, 2.45) is 0 Å². The van der Waals surface area contributed by atoms with Crippen molar-refractivity contribution in [3.63, 3.8) is 0 Å². The second-order valence-electron chi connectivity index (χ2n) is 3.99. The van der Waals surface area contributed by atoms with Crippen LogP contribution in [0.4, 0.5) is 0 Å². The van der Waals surface area contributed by atoms with E-state index in [1.807, 2.05) is 13.8 Å². The summed E-state index contributed by atoms with van der Waals surface area (Å²) >= 11 is 0. The average molecular weight is 250 g/mol. The van der Waals surface area contributed by atoms with Crippen molar-refractivity contribution in [1.29, 1.82) is 0 Å².